The largest absolute Gasteiger partial charge is 0.472 e. The maximum absolute atomic E-state index is 13.2. The van der Waals surface area contributed by atoms with Crippen molar-refractivity contribution in [1.82, 2.24) is 0 Å². The van der Waals surface area contributed by atoms with Crippen LogP contribution in [0.4, 0.5) is 0 Å². The van der Waals surface area contributed by atoms with Gasteiger partial charge in [-0.25, -0.2) is 9.13 Å². The Morgan fingerprint density at radius 2 is 0.546 bits per heavy atom. The van der Waals surface area contributed by atoms with Crippen molar-refractivity contribution >= 4 is 39.5 Å². The standard InChI is InChI=1S/C89H170O17P2/c1-7-10-12-14-16-18-20-22-28-37-43-49-55-61-67-73-88(93)105-84(77-99-86(91)71-65-59-53-47-41-33-21-19-17-15-13-11-8-2)79-103-107(95,96)101-75-83(90)76-102-108(97,98)104-80-85(78-100-87(92)72-66-60-54-48-42-36-32-27-29-34-39-45-51-57-63-69-81(4)5)106-89(94)74-68-62-56-50-44-38-31-26-24-23-25-30-35-40-46-52-58-64-70-82(6)9-3/h18,20,22,28,81-85,90H,7-17,19,21,23-27,29-80H2,1-6H3,(H,95,96)(H,97,98)/b20-18-,28-22-/t82?,83-,84+,85+/m0/s1. The molecule has 6 atom stereocenters. The third-order valence-corrected chi connectivity index (χ3v) is 22.6. The lowest BCUT2D eigenvalue weighted by Crippen LogP contribution is -2.30. The summed E-state index contributed by atoms with van der Waals surface area (Å²) >= 11 is 0. The van der Waals surface area contributed by atoms with Gasteiger partial charge in [-0.2, -0.15) is 0 Å². The average Bonchev–Trinajstić information content (AvgIpc) is 0.899. The third-order valence-electron chi connectivity index (χ3n) is 20.7. The summed E-state index contributed by atoms with van der Waals surface area (Å²) in [6.07, 6.45) is 75.7. The van der Waals surface area contributed by atoms with E-state index >= 15 is 0 Å². The second kappa shape index (κ2) is 79.8. The van der Waals surface area contributed by atoms with E-state index in [1.165, 1.54) is 257 Å². The molecule has 0 fully saturated rings. The molecule has 108 heavy (non-hydrogen) atoms. The number of esters is 4. The molecular weight excluding hydrogens is 1400 g/mol. The summed E-state index contributed by atoms with van der Waals surface area (Å²) in [6, 6.07) is 0. The fourth-order valence-electron chi connectivity index (χ4n) is 13.4. The number of carbonyl (C=O) groups excluding carboxylic acids is 4. The van der Waals surface area contributed by atoms with Crippen molar-refractivity contribution in [2.45, 2.75) is 471 Å². The van der Waals surface area contributed by atoms with Gasteiger partial charge in [0, 0.05) is 25.7 Å². The van der Waals surface area contributed by atoms with Crippen molar-refractivity contribution in [3.05, 3.63) is 24.3 Å². The van der Waals surface area contributed by atoms with E-state index in [4.69, 9.17) is 37.0 Å². The molecule has 0 heterocycles. The van der Waals surface area contributed by atoms with Crippen LogP contribution in [0.5, 0.6) is 0 Å². The molecule has 638 valence electrons. The first-order valence-electron chi connectivity index (χ1n) is 45.3. The van der Waals surface area contributed by atoms with Gasteiger partial charge in [-0.05, 0) is 63.2 Å². The maximum atomic E-state index is 13.2. The van der Waals surface area contributed by atoms with Crippen molar-refractivity contribution in [2.75, 3.05) is 39.6 Å². The van der Waals surface area contributed by atoms with E-state index in [9.17, 15) is 43.2 Å². The van der Waals surface area contributed by atoms with Gasteiger partial charge in [-0.3, -0.25) is 37.3 Å². The van der Waals surface area contributed by atoms with Gasteiger partial charge in [0.25, 0.3) is 0 Å². The quantitative estimate of drug-likeness (QED) is 0.0169. The molecule has 0 saturated heterocycles. The second-order valence-corrected chi connectivity index (χ2v) is 34.9. The van der Waals surface area contributed by atoms with E-state index < -0.39 is 97.5 Å². The molecule has 19 heteroatoms. The zero-order valence-corrected chi connectivity index (χ0v) is 72.4. The molecule has 17 nitrogen and oxygen atoms in total. The molecule has 0 aromatic rings. The van der Waals surface area contributed by atoms with Crippen LogP contribution in [0.25, 0.3) is 0 Å². The molecule has 0 amide bonds. The Labute approximate surface area is 663 Å². The second-order valence-electron chi connectivity index (χ2n) is 32.0. The Balaban J connectivity index is 5.28. The number of aliphatic hydroxyl groups is 1. The number of aliphatic hydroxyl groups excluding tert-OH is 1. The monoisotopic (exact) mass is 1570 g/mol. The molecular formula is C89H170O17P2. The average molecular weight is 1570 g/mol. The van der Waals surface area contributed by atoms with Crippen LogP contribution in [0.15, 0.2) is 24.3 Å². The Morgan fingerprint density at radius 1 is 0.306 bits per heavy atom. The zero-order chi connectivity index (χ0) is 79.2. The molecule has 0 aliphatic rings. The number of ether oxygens (including phenoxy) is 4. The van der Waals surface area contributed by atoms with Gasteiger partial charge >= 0.3 is 39.5 Å². The normalized spacial score (nSPS) is 14.2. The van der Waals surface area contributed by atoms with Gasteiger partial charge in [0.15, 0.2) is 12.2 Å². The van der Waals surface area contributed by atoms with Gasteiger partial charge in [-0.15, -0.1) is 0 Å². The van der Waals surface area contributed by atoms with Gasteiger partial charge in [0.1, 0.15) is 19.3 Å². The van der Waals surface area contributed by atoms with Crippen molar-refractivity contribution in [1.29, 1.82) is 0 Å². The zero-order valence-electron chi connectivity index (χ0n) is 70.6. The number of phosphoric ester groups is 2. The summed E-state index contributed by atoms with van der Waals surface area (Å²) < 4.78 is 69.0. The highest BCUT2D eigenvalue weighted by Crippen LogP contribution is 2.45. The predicted molar refractivity (Wildman–Crippen MR) is 446 cm³/mol. The number of carbonyl (C=O) groups is 4. The highest BCUT2D eigenvalue weighted by atomic mass is 31.2. The van der Waals surface area contributed by atoms with E-state index in [1.807, 2.05) is 0 Å². The van der Waals surface area contributed by atoms with Crippen LogP contribution in [0, 0.1) is 11.8 Å². The first-order valence-corrected chi connectivity index (χ1v) is 48.3. The number of hydrogen-bond donors (Lipinski definition) is 3. The van der Waals surface area contributed by atoms with E-state index in [0.717, 1.165) is 115 Å². The number of unbranched alkanes of at least 4 members (excludes halogenated alkanes) is 52. The summed E-state index contributed by atoms with van der Waals surface area (Å²) in [5.41, 5.74) is 0. The Kier molecular flexibility index (Phi) is 77.9. The highest BCUT2D eigenvalue weighted by molar-refractivity contribution is 7.47. The lowest BCUT2D eigenvalue weighted by atomic mass is 9.99. The molecule has 0 aromatic carbocycles. The highest BCUT2D eigenvalue weighted by Gasteiger charge is 2.30. The van der Waals surface area contributed by atoms with E-state index in [2.05, 4.69) is 65.8 Å². The molecule has 0 radical (unpaired) electrons. The van der Waals surface area contributed by atoms with Crippen molar-refractivity contribution < 1.29 is 80.2 Å². The van der Waals surface area contributed by atoms with Gasteiger partial charge in [0.2, 0.25) is 0 Å². The molecule has 3 N–H and O–H groups in total. The van der Waals surface area contributed by atoms with Gasteiger partial charge in [-0.1, -0.05) is 400 Å². The van der Waals surface area contributed by atoms with E-state index in [1.54, 1.807) is 0 Å². The van der Waals surface area contributed by atoms with Crippen LogP contribution in [0.3, 0.4) is 0 Å². The lowest BCUT2D eigenvalue weighted by Gasteiger charge is -2.21. The molecule has 0 saturated carbocycles. The lowest BCUT2D eigenvalue weighted by molar-refractivity contribution is -0.161. The Morgan fingerprint density at radius 3 is 0.833 bits per heavy atom. The molecule has 0 bridgehead atoms. The van der Waals surface area contributed by atoms with Crippen LogP contribution in [0.2, 0.25) is 0 Å². The SMILES string of the molecule is CCCCCC/C=C\C=C/CCCCCCCC(=O)O[C@H](COC(=O)CCCCCCCCCCCCCCC)COP(=O)(O)OC[C@H](O)COP(=O)(O)OC[C@@H](COC(=O)CCCCCCCCCCCCCCCCCC(C)C)OC(=O)CCCCCCCCCCCCCCCCCCCCC(C)CC. The fourth-order valence-corrected chi connectivity index (χ4v) is 15.0. The summed E-state index contributed by atoms with van der Waals surface area (Å²) in [6.45, 7) is 9.72. The summed E-state index contributed by atoms with van der Waals surface area (Å²) in [5, 5.41) is 10.7. The predicted octanol–water partition coefficient (Wildman–Crippen LogP) is 27.0. The summed E-state index contributed by atoms with van der Waals surface area (Å²) in [7, 11) is -9.95. The fraction of sp³-hybridized carbons (Fsp3) is 0.910. The molecule has 0 aliphatic carbocycles. The van der Waals surface area contributed by atoms with Crippen LogP contribution >= 0.6 is 15.6 Å². The molecule has 0 spiro atoms. The minimum Gasteiger partial charge on any atom is -0.462 e. The maximum Gasteiger partial charge on any atom is 0.472 e. The van der Waals surface area contributed by atoms with Crippen LogP contribution in [-0.2, 0) is 65.4 Å². The molecule has 3 unspecified atom stereocenters. The van der Waals surface area contributed by atoms with E-state index in [0.29, 0.717) is 25.7 Å². The minimum atomic E-state index is -4.97. The van der Waals surface area contributed by atoms with Crippen molar-refractivity contribution in [3.8, 4) is 0 Å². The first-order chi connectivity index (χ1) is 52.4. The summed E-state index contributed by atoms with van der Waals surface area (Å²) in [5.74, 6) is -0.453. The molecule has 0 aromatic heterocycles. The topological polar surface area (TPSA) is 237 Å². The number of phosphoric acid groups is 2. The van der Waals surface area contributed by atoms with Crippen LogP contribution < -0.4 is 0 Å². The van der Waals surface area contributed by atoms with Crippen LogP contribution in [-0.4, -0.2) is 96.7 Å². The number of allylic oxidation sites excluding steroid dienone is 4. The number of rotatable bonds is 86. The van der Waals surface area contributed by atoms with Crippen molar-refractivity contribution in [2.24, 2.45) is 11.8 Å². The number of hydrogen-bond acceptors (Lipinski definition) is 15. The molecule has 0 aliphatic heterocycles. The molecule has 0 rings (SSSR count). The van der Waals surface area contributed by atoms with Gasteiger partial charge in [0.05, 0.1) is 26.4 Å². The third kappa shape index (κ3) is 80.2. The first kappa shape index (κ1) is 106. The van der Waals surface area contributed by atoms with Crippen LogP contribution in [0.1, 0.15) is 452 Å². The Hall–Kier alpha value is -2.46. The minimum absolute atomic E-state index is 0.0858. The Bertz CT molecular complexity index is 2160. The van der Waals surface area contributed by atoms with E-state index in [-0.39, 0.29) is 25.7 Å². The van der Waals surface area contributed by atoms with Gasteiger partial charge < -0.3 is 33.8 Å². The smallest absolute Gasteiger partial charge is 0.462 e. The summed E-state index contributed by atoms with van der Waals surface area (Å²) in [4.78, 5) is 73.3. The van der Waals surface area contributed by atoms with Crippen molar-refractivity contribution in [3.63, 3.8) is 0 Å².